The molecule has 5 heteroatoms. The van der Waals surface area contributed by atoms with Gasteiger partial charge in [0.25, 0.3) is 0 Å². The number of hydrogen-bond acceptors (Lipinski definition) is 3. The molecular weight excluding hydrogens is 755 g/mol. The fourth-order valence-corrected chi connectivity index (χ4v) is 9.54. The first-order valence-electron chi connectivity index (χ1n) is 27.2. The van der Waals surface area contributed by atoms with Crippen LogP contribution in [0.1, 0.15) is 310 Å². The molecule has 0 aromatic heterocycles. The van der Waals surface area contributed by atoms with Crippen LogP contribution in [0.3, 0.4) is 0 Å². The Morgan fingerprint density at radius 2 is 0.467 bits per heavy atom. The van der Waals surface area contributed by atoms with Crippen molar-refractivity contribution < 1.29 is 17.5 Å². The molecule has 0 aliphatic carbocycles. The summed E-state index contributed by atoms with van der Waals surface area (Å²) in [5, 5.41) is 0. The summed E-state index contributed by atoms with van der Waals surface area (Å²) in [5.74, 6) is -0.452. The monoisotopic (exact) mass is 862 g/mol. The van der Waals surface area contributed by atoms with Gasteiger partial charge < -0.3 is 4.55 Å². The van der Waals surface area contributed by atoms with E-state index in [-0.39, 0.29) is 4.48 Å². The van der Waals surface area contributed by atoms with Gasteiger partial charge in [0, 0.05) is 0 Å². The SMILES string of the molecule is CCCCCCCCCCCCCCCC/C=C/[N+](/C=C/CCCCCCCCCCCCCCCC)(/C=C/CCCCCCCCCCCCCCCC)CS(=O)(=O)[O-]. The van der Waals surface area contributed by atoms with Crippen molar-refractivity contribution in [2.45, 2.75) is 310 Å². The highest BCUT2D eigenvalue weighted by molar-refractivity contribution is 7.85. The molecule has 0 radical (unpaired) electrons. The third-order valence-electron chi connectivity index (χ3n) is 12.7. The molecule has 0 N–H and O–H groups in total. The van der Waals surface area contributed by atoms with Crippen LogP contribution in [-0.2, 0) is 10.1 Å². The van der Waals surface area contributed by atoms with Gasteiger partial charge >= 0.3 is 0 Å². The standard InChI is InChI=1S/C55H107NO3S/c1-4-7-10-13-16-19-22-25-28-31-34-37-40-43-46-49-52-56(55-60(57,58)59,53-50-47-44-41-38-35-32-29-26-23-20-17-14-11-8-5-2)54-51-48-45-42-39-36-33-30-27-24-21-18-15-12-9-6-3/h49-54H,4-48,55H2,1-3H3/b52-49+,53-50+,54-51+. The van der Waals surface area contributed by atoms with Crippen LogP contribution in [0, 0.1) is 0 Å². The number of unbranched alkanes of at least 4 members (excludes halogenated alkanes) is 42. The molecule has 0 saturated carbocycles. The van der Waals surface area contributed by atoms with Crippen LogP contribution in [0.15, 0.2) is 36.8 Å². The molecule has 0 amide bonds. The average Bonchev–Trinajstić information content (AvgIpc) is 3.22. The third-order valence-corrected chi connectivity index (χ3v) is 13.5. The topological polar surface area (TPSA) is 57.2 Å². The smallest absolute Gasteiger partial charge is 0.181 e. The van der Waals surface area contributed by atoms with Crippen LogP contribution in [0.25, 0.3) is 0 Å². The predicted molar refractivity (Wildman–Crippen MR) is 267 cm³/mol. The molecule has 0 bridgehead atoms. The predicted octanol–water partition coefficient (Wildman–Crippen LogP) is 19.5. The molecule has 0 aliphatic rings. The van der Waals surface area contributed by atoms with Crippen LogP contribution >= 0.6 is 0 Å². The maximum absolute atomic E-state index is 12.3. The normalized spacial score (nSPS) is 12.7. The Morgan fingerprint density at radius 1 is 0.300 bits per heavy atom. The molecule has 0 saturated heterocycles. The zero-order valence-electron chi connectivity index (χ0n) is 41.1. The van der Waals surface area contributed by atoms with E-state index in [1.54, 1.807) is 0 Å². The van der Waals surface area contributed by atoms with Gasteiger partial charge in [-0.25, -0.2) is 12.9 Å². The van der Waals surface area contributed by atoms with Gasteiger partial charge in [0.1, 0.15) is 28.7 Å². The number of nitrogens with zero attached hydrogens (tertiary/aromatic N) is 1. The summed E-state index contributed by atoms with van der Waals surface area (Å²) in [4.78, 5) is 0. The Labute approximate surface area is 378 Å². The van der Waals surface area contributed by atoms with Crippen LogP contribution in [0.4, 0.5) is 0 Å². The summed E-state index contributed by atoms with van der Waals surface area (Å²) in [6.45, 7) is 6.86. The number of quaternary nitrogens is 1. The van der Waals surface area contributed by atoms with Crippen LogP contribution in [0.2, 0.25) is 0 Å². The second-order valence-electron chi connectivity index (χ2n) is 19.0. The zero-order chi connectivity index (χ0) is 43.8. The van der Waals surface area contributed by atoms with Gasteiger partial charge in [-0.1, -0.05) is 271 Å². The van der Waals surface area contributed by atoms with Crippen LogP contribution < -0.4 is 0 Å². The molecule has 0 aromatic carbocycles. The van der Waals surface area contributed by atoms with Gasteiger partial charge in [-0.05, 0) is 56.8 Å². The average molecular weight is 863 g/mol. The highest BCUT2D eigenvalue weighted by atomic mass is 32.2. The van der Waals surface area contributed by atoms with Gasteiger partial charge in [0.15, 0.2) is 5.88 Å². The first kappa shape index (κ1) is 59.1. The fraction of sp³-hybridized carbons (Fsp3) is 0.891. The Balaban J connectivity index is 4.77. The highest BCUT2D eigenvalue weighted by Gasteiger charge is 2.22. The highest BCUT2D eigenvalue weighted by Crippen LogP contribution is 2.20. The number of allylic oxidation sites excluding steroid dienone is 3. The maximum atomic E-state index is 12.3. The quantitative estimate of drug-likeness (QED) is 0.0348. The van der Waals surface area contributed by atoms with Gasteiger partial charge in [-0.2, -0.15) is 0 Å². The minimum absolute atomic E-state index is 0.0123. The minimum Gasteiger partial charge on any atom is -0.744 e. The van der Waals surface area contributed by atoms with E-state index in [0.717, 1.165) is 38.5 Å². The molecule has 0 aromatic rings. The van der Waals surface area contributed by atoms with E-state index in [4.69, 9.17) is 0 Å². The number of rotatable bonds is 50. The van der Waals surface area contributed by atoms with E-state index in [0.29, 0.717) is 0 Å². The first-order chi connectivity index (χ1) is 29.4. The summed E-state index contributed by atoms with van der Waals surface area (Å²) in [6.07, 6.45) is 71.6. The second-order valence-corrected chi connectivity index (χ2v) is 20.4. The Bertz CT molecular complexity index is 932. The van der Waals surface area contributed by atoms with Crippen molar-refractivity contribution in [3.8, 4) is 0 Å². The van der Waals surface area contributed by atoms with E-state index in [1.807, 2.05) is 18.6 Å². The summed E-state index contributed by atoms with van der Waals surface area (Å²) < 4.78 is 36.9. The Hall–Kier alpha value is -0.910. The molecule has 0 aliphatic heterocycles. The molecule has 4 nitrogen and oxygen atoms in total. The van der Waals surface area contributed by atoms with E-state index in [2.05, 4.69) is 39.0 Å². The van der Waals surface area contributed by atoms with Gasteiger partial charge in [0.05, 0.1) is 0 Å². The first-order valence-corrected chi connectivity index (χ1v) is 28.8. The Kier molecular flexibility index (Phi) is 46.8. The zero-order valence-corrected chi connectivity index (χ0v) is 41.9. The molecule has 0 spiro atoms. The molecule has 0 atom stereocenters. The minimum atomic E-state index is -4.43. The van der Waals surface area contributed by atoms with Crippen molar-refractivity contribution in [1.82, 2.24) is 0 Å². The van der Waals surface area contributed by atoms with Crippen molar-refractivity contribution in [2.24, 2.45) is 0 Å². The van der Waals surface area contributed by atoms with Crippen LogP contribution in [-0.4, -0.2) is 23.3 Å². The molecular formula is C55H107NO3S. The van der Waals surface area contributed by atoms with E-state index < -0.39 is 16.0 Å². The van der Waals surface area contributed by atoms with Gasteiger partial charge in [-0.3, -0.25) is 0 Å². The lowest BCUT2D eigenvalue weighted by Gasteiger charge is -2.28. The summed E-state index contributed by atoms with van der Waals surface area (Å²) >= 11 is 0. The largest absolute Gasteiger partial charge is 0.744 e. The fourth-order valence-electron chi connectivity index (χ4n) is 8.73. The maximum Gasteiger partial charge on any atom is 0.181 e. The lowest BCUT2D eigenvalue weighted by Crippen LogP contribution is -2.36. The molecule has 356 valence electrons. The summed E-state index contributed by atoms with van der Waals surface area (Å²) in [5.41, 5.74) is 0. The van der Waals surface area contributed by atoms with E-state index in [9.17, 15) is 13.0 Å². The lowest BCUT2D eigenvalue weighted by molar-refractivity contribution is -0.760. The molecule has 0 fully saturated rings. The van der Waals surface area contributed by atoms with Gasteiger partial charge in [0.2, 0.25) is 0 Å². The van der Waals surface area contributed by atoms with Crippen molar-refractivity contribution in [3.05, 3.63) is 36.8 Å². The molecule has 0 heterocycles. The summed E-state index contributed by atoms with van der Waals surface area (Å²) in [6, 6.07) is 0. The van der Waals surface area contributed by atoms with Crippen LogP contribution in [0.5, 0.6) is 0 Å². The third kappa shape index (κ3) is 46.6. The molecule has 0 unspecified atom stereocenters. The molecule has 0 rings (SSSR count). The van der Waals surface area contributed by atoms with Crippen molar-refractivity contribution in [1.29, 1.82) is 0 Å². The van der Waals surface area contributed by atoms with Crippen molar-refractivity contribution in [2.75, 3.05) is 5.88 Å². The molecule has 60 heavy (non-hydrogen) atoms. The van der Waals surface area contributed by atoms with Crippen molar-refractivity contribution >= 4 is 10.1 Å². The van der Waals surface area contributed by atoms with Gasteiger partial charge in [-0.15, -0.1) is 0 Å². The van der Waals surface area contributed by atoms with E-state index >= 15 is 0 Å². The number of hydrogen-bond donors (Lipinski definition) is 0. The summed E-state index contributed by atoms with van der Waals surface area (Å²) in [7, 11) is -4.43. The second kappa shape index (κ2) is 47.6. The Morgan fingerprint density at radius 3 is 0.633 bits per heavy atom. The van der Waals surface area contributed by atoms with E-state index in [1.165, 1.54) is 250 Å². The lowest BCUT2D eigenvalue weighted by atomic mass is 10.0. The van der Waals surface area contributed by atoms with Crippen molar-refractivity contribution in [3.63, 3.8) is 0 Å².